The van der Waals surface area contributed by atoms with Gasteiger partial charge in [0, 0.05) is 31.2 Å². The summed E-state index contributed by atoms with van der Waals surface area (Å²) in [6, 6.07) is 7.52. The quantitative estimate of drug-likeness (QED) is 0.685. The Labute approximate surface area is 162 Å². The van der Waals surface area contributed by atoms with Crippen molar-refractivity contribution >= 4 is 11.9 Å². The van der Waals surface area contributed by atoms with Crippen molar-refractivity contribution in [3.63, 3.8) is 0 Å². The van der Waals surface area contributed by atoms with Gasteiger partial charge in [-0.05, 0) is 51.2 Å². The van der Waals surface area contributed by atoms with Crippen LogP contribution >= 0.6 is 0 Å². The van der Waals surface area contributed by atoms with Crippen LogP contribution in [0.15, 0.2) is 24.3 Å². The summed E-state index contributed by atoms with van der Waals surface area (Å²) in [5, 5.41) is 8.61. The third-order valence-corrected chi connectivity index (χ3v) is 5.50. The minimum atomic E-state index is -0.580. The van der Waals surface area contributed by atoms with E-state index in [9.17, 15) is 9.59 Å². The Hall–Kier alpha value is -2.08. The standard InChI is InChI=1S/C21H33N3O3/c1-5-16(3)23-19(25)17(4)24-20(26)22-14-21(10-12-27-13-11-21)18-9-7-6-8-15(18)2/h6-9,16-17H,5,10-14H2,1-4H3,(H,23,25)(H2,22,24,26)/t16-,17+/m0/s1. The van der Waals surface area contributed by atoms with Gasteiger partial charge in [0.05, 0.1) is 0 Å². The van der Waals surface area contributed by atoms with Crippen molar-refractivity contribution in [1.29, 1.82) is 0 Å². The molecule has 0 saturated carbocycles. The monoisotopic (exact) mass is 375 g/mol. The summed E-state index contributed by atoms with van der Waals surface area (Å²) in [5.41, 5.74) is 2.35. The van der Waals surface area contributed by atoms with Crippen LogP contribution in [0.4, 0.5) is 4.79 Å². The first-order valence-corrected chi connectivity index (χ1v) is 9.86. The second-order valence-electron chi connectivity index (χ2n) is 7.57. The van der Waals surface area contributed by atoms with Crippen molar-refractivity contribution in [3.8, 4) is 0 Å². The Morgan fingerprint density at radius 2 is 1.81 bits per heavy atom. The van der Waals surface area contributed by atoms with Crippen LogP contribution in [0.5, 0.6) is 0 Å². The summed E-state index contributed by atoms with van der Waals surface area (Å²) in [7, 11) is 0. The molecule has 0 aromatic heterocycles. The van der Waals surface area contributed by atoms with Gasteiger partial charge in [-0.15, -0.1) is 0 Å². The second-order valence-corrected chi connectivity index (χ2v) is 7.57. The maximum atomic E-state index is 12.4. The van der Waals surface area contributed by atoms with Gasteiger partial charge in [-0.25, -0.2) is 4.79 Å². The van der Waals surface area contributed by atoms with Crippen molar-refractivity contribution in [1.82, 2.24) is 16.0 Å². The predicted octanol–water partition coefficient (Wildman–Crippen LogP) is 2.65. The number of carbonyl (C=O) groups is 2. The van der Waals surface area contributed by atoms with Crippen molar-refractivity contribution in [3.05, 3.63) is 35.4 Å². The fraction of sp³-hybridized carbons (Fsp3) is 0.619. The van der Waals surface area contributed by atoms with E-state index < -0.39 is 6.04 Å². The average Bonchev–Trinajstić information content (AvgIpc) is 2.67. The lowest BCUT2D eigenvalue weighted by Crippen LogP contribution is -2.53. The molecule has 6 nitrogen and oxygen atoms in total. The van der Waals surface area contributed by atoms with Gasteiger partial charge < -0.3 is 20.7 Å². The molecule has 1 saturated heterocycles. The summed E-state index contributed by atoms with van der Waals surface area (Å²) < 4.78 is 5.56. The van der Waals surface area contributed by atoms with Crippen LogP contribution in [0.3, 0.4) is 0 Å². The van der Waals surface area contributed by atoms with E-state index in [1.54, 1.807) is 6.92 Å². The van der Waals surface area contributed by atoms with Crippen LogP contribution < -0.4 is 16.0 Å². The number of aryl methyl sites for hydroxylation is 1. The highest BCUT2D eigenvalue weighted by Crippen LogP contribution is 2.36. The molecule has 1 aliphatic rings. The van der Waals surface area contributed by atoms with E-state index in [0.717, 1.165) is 19.3 Å². The van der Waals surface area contributed by atoms with Crippen LogP contribution in [-0.2, 0) is 14.9 Å². The van der Waals surface area contributed by atoms with E-state index >= 15 is 0 Å². The molecule has 2 atom stereocenters. The third kappa shape index (κ3) is 5.70. The molecule has 1 fully saturated rings. The predicted molar refractivity (Wildman–Crippen MR) is 107 cm³/mol. The van der Waals surface area contributed by atoms with Gasteiger partial charge in [0.25, 0.3) is 0 Å². The van der Waals surface area contributed by atoms with Crippen LogP contribution in [0.1, 0.15) is 51.2 Å². The van der Waals surface area contributed by atoms with Gasteiger partial charge in [-0.3, -0.25) is 4.79 Å². The lowest BCUT2D eigenvalue weighted by molar-refractivity contribution is -0.123. The molecule has 0 aliphatic carbocycles. The van der Waals surface area contributed by atoms with Gasteiger partial charge in [-0.2, -0.15) is 0 Å². The molecule has 1 aromatic rings. The highest BCUT2D eigenvalue weighted by molar-refractivity contribution is 5.86. The Balaban J connectivity index is 1.98. The number of hydrogen-bond donors (Lipinski definition) is 3. The number of carbonyl (C=O) groups excluding carboxylic acids is 2. The Morgan fingerprint density at radius 3 is 2.44 bits per heavy atom. The SMILES string of the molecule is CC[C@H](C)NC(=O)[C@@H](C)NC(=O)NCC1(c2ccccc2C)CCOCC1. The molecule has 1 aromatic carbocycles. The number of rotatable bonds is 7. The van der Waals surface area contributed by atoms with Crippen molar-refractivity contribution in [2.45, 2.75) is 64.5 Å². The minimum Gasteiger partial charge on any atom is -0.381 e. The van der Waals surface area contributed by atoms with E-state index in [2.05, 4.69) is 35.0 Å². The first kappa shape index (κ1) is 21.2. The molecule has 1 heterocycles. The Bertz CT molecular complexity index is 641. The molecular formula is C21H33N3O3. The molecular weight excluding hydrogens is 342 g/mol. The minimum absolute atomic E-state index is 0.0939. The number of ether oxygens (including phenoxy) is 1. The molecule has 1 aliphatic heterocycles. The van der Waals surface area contributed by atoms with Crippen LogP contribution in [0.25, 0.3) is 0 Å². The lowest BCUT2D eigenvalue weighted by atomic mass is 9.72. The molecule has 3 N–H and O–H groups in total. The van der Waals surface area contributed by atoms with Gasteiger partial charge in [0.1, 0.15) is 6.04 Å². The summed E-state index contributed by atoms with van der Waals surface area (Å²) in [6.07, 6.45) is 2.58. The molecule has 150 valence electrons. The zero-order valence-corrected chi connectivity index (χ0v) is 16.9. The Kier molecular flexibility index (Phi) is 7.66. The summed E-state index contributed by atoms with van der Waals surface area (Å²) in [4.78, 5) is 24.5. The van der Waals surface area contributed by atoms with E-state index in [4.69, 9.17) is 4.74 Å². The summed E-state index contributed by atoms with van der Waals surface area (Å²) in [5.74, 6) is -0.167. The lowest BCUT2D eigenvalue weighted by Gasteiger charge is -2.39. The second kappa shape index (κ2) is 9.74. The zero-order valence-electron chi connectivity index (χ0n) is 16.9. The third-order valence-electron chi connectivity index (χ3n) is 5.50. The van der Waals surface area contributed by atoms with Crippen molar-refractivity contribution in [2.75, 3.05) is 19.8 Å². The maximum Gasteiger partial charge on any atom is 0.315 e. The summed E-state index contributed by atoms with van der Waals surface area (Å²) >= 11 is 0. The normalized spacial score (nSPS) is 18.2. The maximum absolute atomic E-state index is 12.4. The van der Waals surface area contributed by atoms with E-state index in [1.165, 1.54) is 11.1 Å². The topological polar surface area (TPSA) is 79.5 Å². The van der Waals surface area contributed by atoms with Gasteiger partial charge in [-0.1, -0.05) is 31.2 Å². The number of urea groups is 1. The molecule has 0 spiro atoms. The molecule has 2 rings (SSSR count). The molecule has 6 heteroatoms. The first-order chi connectivity index (χ1) is 12.9. The molecule has 27 heavy (non-hydrogen) atoms. The van der Waals surface area contributed by atoms with Gasteiger partial charge in [0.15, 0.2) is 0 Å². The average molecular weight is 376 g/mol. The van der Waals surface area contributed by atoms with Gasteiger partial charge in [0.2, 0.25) is 5.91 Å². The highest BCUT2D eigenvalue weighted by Gasteiger charge is 2.36. The summed E-state index contributed by atoms with van der Waals surface area (Å²) in [6.45, 7) is 9.65. The van der Waals surface area contributed by atoms with E-state index in [-0.39, 0.29) is 23.4 Å². The molecule has 0 radical (unpaired) electrons. The largest absolute Gasteiger partial charge is 0.381 e. The number of benzene rings is 1. The van der Waals surface area contributed by atoms with Crippen LogP contribution in [0, 0.1) is 6.92 Å². The van der Waals surface area contributed by atoms with Crippen molar-refractivity contribution < 1.29 is 14.3 Å². The fourth-order valence-electron chi connectivity index (χ4n) is 3.50. The van der Waals surface area contributed by atoms with E-state index in [1.807, 2.05) is 26.0 Å². The van der Waals surface area contributed by atoms with Crippen LogP contribution in [-0.4, -0.2) is 43.8 Å². The highest BCUT2D eigenvalue weighted by atomic mass is 16.5. The van der Waals surface area contributed by atoms with Crippen LogP contribution in [0.2, 0.25) is 0 Å². The molecule has 0 bridgehead atoms. The Morgan fingerprint density at radius 1 is 1.15 bits per heavy atom. The fourth-order valence-corrected chi connectivity index (χ4v) is 3.50. The number of nitrogens with one attached hydrogen (secondary N) is 3. The zero-order chi connectivity index (χ0) is 19.9. The molecule has 0 unspecified atom stereocenters. The molecule has 3 amide bonds. The van der Waals surface area contributed by atoms with Crippen molar-refractivity contribution in [2.24, 2.45) is 0 Å². The number of amides is 3. The van der Waals surface area contributed by atoms with E-state index in [0.29, 0.717) is 19.8 Å². The smallest absolute Gasteiger partial charge is 0.315 e. The number of hydrogen-bond acceptors (Lipinski definition) is 3. The van der Waals surface area contributed by atoms with Gasteiger partial charge >= 0.3 is 6.03 Å². The first-order valence-electron chi connectivity index (χ1n) is 9.86.